The number of aromatic nitrogens is 1. The normalized spacial score (nSPS) is 16.5. The number of hydrogen-bond donors (Lipinski definition) is 2. The molecule has 0 unspecified atom stereocenters. The van der Waals surface area contributed by atoms with Crippen molar-refractivity contribution in [1.29, 1.82) is 0 Å². The van der Waals surface area contributed by atoms with Gasteiger partial charge in [0, 0.05) is 23.6 Å². The number of para-hydroxylation sites is 1. The Bertz CT molecular complexity index is 596. The van der Waals surface area contributed by atoms with E-state index in [1.165, 1.54) is 5.39 Å². The van der Waals surface area contributed by atoms with E-state index in [-0.39, 0.29) is 11.3 Å². The molecule has 0 radical (unpaired) electrons. The zero-order valence-corrected chi connectivity index (χ0v) is 11.3. The van der Waals surface area contributed by atoms with Crippen LogP contribution in [0.15, 0.2) is 30.5 Å². The monoisotopic (exact) mass is 256 g/mol. The van der Waals surface area contributed by atoms with Crippen molar-refractivity contribution in [2.75, 3.05) is 6.54 Å². The second-order valence-electron chi connectivity index (χ2n) is 5.44. The van der Waals surface area contributed by atoms with Gasteiger partial charge in [0.25, 0.3) is 0 Å². The van der Waals surface area contributed by atoms with Crippen molar-refractivity contribution in [3.63, 3.8) is 0 Å². The minimum absolute atomic E-state index is 0.200. The minimum Gasteiger partial charge on any atom is -0.361 e. The first-order chi connectivity index (χ1) is 9.28. The Hall–Kier alpha value is -1.77. The van der Waals surface area contributed by atoms with Crippen LogP contribution in [0.1, 0.15) is 38.2 Å². The number of carbonyl (C=O) groups excluding carboxylic acids is 1. The number of H-pyrrole nitrogens is 1. The van der Waals surface area contributed by atoms with Crippen LogP contribution in [0.4, 0.5) is 0 Å². The van der Waals surface area contributed by atoms with Gasteiger partial charge in [0.2, 0.25) is 5.91 Å². The van der Waals surface area contributed by atoms with E-state index in [1.807, 2.05) is 18.3 Å². The van der Waals surface area contributed by atoms with Crippen LogP contribution in [0.3, 0.4) is 0 Å². The van der Waals surface area contributed by atoms with Gasteiger partial charge in [-0.1, -0.05) is 31.5 Å². The van der Waals surface area contributed by atoms with E-state index in [2.05, 4.69) is 29.4 Å². The third kappa shape index (κ3) is 2.03. The van der Waals surface area contributed by atoms with Crippen LogP contribution < -0.4 is 5.32 Å². The molecule has 3 heteroatoms. The zero-order valence-electron chi connectivity index (χ0n) is 11.3. The number of nitrogens with one attached hydrogen (secondary N) is 2. The smallest absolute Gasteiger partial charge is 0.230 e. The molecule has 0 saturated heterocycles. The van der Waals surface area contributed by atoms with E-state index in [0.717, 1.165) is 43.3 Å². The van der Waals surface area contributed by atoms with Gasteiger partial charge in [-0.2, -0.15) is 0 Å². The highest BCUT2D eigenvalue weighted by Gasteiger charge is 2.52. The van der Waals surface area contributed by atoms with Gasteiger partial charge >= 0.3 is 0 Å². The standard InChI is InChI=1S/C16H20N2O/c1-2-3-10-17-15(19)16(8-9-16)13-11-18-14-7-5-4-6-12(13)14/h4-7,11,18H,2-3,8-10H2,1H3,(H,17,19). The maximum Gasteiger partial charge on any atom is 0.230 e. The van der Waals surface area contributed by atoms with Crippen LogP contribution in [-0.2, 0) is 10.2 Å². The van der Waals surface area contributed by atoms with Crippen LogP contribution in [0.2, 0.25) is 0 Å². The van der Waals surface area contributed by atoms with Gasteiger partial charge in [0.1, 0.15) is 0 Å². The number of hydrogen-bond acceptors (Lipinski definition) is 1. The highest BCUT2D eigenvalue weighted by Crippen LogP contribution is 2.50. The molecule has 3 nitrogen and oxygen atoms in total. The lowest BCUT2D eigenvalue weighted by atomic mass is 9.94. The Morgan fingerprint density at radius 1 is 1.37 bits per heavy atom. The summed E-state index contributed by atoms with van der Waals surface area (Å²) in [4.78, 5) is 15.7. The summed E-state index contributed by atoms with van der Waals surface area (Å²) in [6.07, 6.45) is 6.10. The number of carbonyl (C=O) groups is 1. The van der Waals surface area contributed by atoms with Crippen molar-refractivity contribution in [2.24, 2.45) is 0 Å². The van der Waals surface area contributed by atoms with Gasteiger partial charge in [0.05, 0.1) is 5.41 Å². The number of unbranched alkanes of at least 4 members (excludes halogenated alkanes) is 1. The van der Waals surface area contributed by atoms with Gasteiger partial charge in [-0.3, -0.25) is 4.79 Å². The average molecular weight is 256 g/mol. The first kappa shape index (κ1) is 12.3. The number of benzene rings is 1. The highest BCUT2D eigenvalue weighted by atomic mass is 16.2. The quantitative estimate of drug-likeness (QED) is 0.793. The molecule has 19 heavy (non-hydrogen) atoms. The van der Waals surface area contributed by atoms with Crippen molar-refractivity contribution in [2.45, 2.75) is 38.0 Å². The van der Waals surface area contributed by atoms with Crippen molar-refractivity contribution in [3.8, 4) is 0 Å². The number of fused-ring (bicyclic) bond motifs is 1. The first-order valence-electron chi connectivity index (χ1n) is 7.13. The lowest BCUT2D eigenvalue weighted by Crippen LogP contribution is -2.35. The molecule has 0 bridgehead atoms. The van der Waals surface area contributed by atoms with Crippen LogP contribution in [-0.4, -0.2) is 17.4 Å². The fraction of sp³-hybridized carbons (Fsp3) is 0.438. The maximum absolute atomic E-state index is 12.4. The van der Waals surface area contributed by atoms with E-state index < -0.39 is 0 Å². The summed E-state index contributed by atoms with van der Waals surface area (Å²) in [5, 5.41) is 4.27. The lowest BCUT2D eigenvalue weighted by Gasteiger charge is -2.14. The van der Waals surface area contributed by atoms with E-state index in [1.54, 1.807) is 0 Å². The summed E-state index contributed by atoms with van der Waals surface area (Å²) in [5.74, 6) is 0.200. The topological polar surface area (TPSA) is 44.9 Å². The predicted molar refractivity (Wildman–Crippen MR) is 77.1 cm³/mol. The Morgan fingerprint density at radius 3 is 2.89 bits per heavy atom. The molecule has 0 aliphatic heterocycles. The minimum atomic E-state index is -0.270. The predicted octanol–water partition coefficient (Wildman–Crippen LogP) is 3.12. The SMILES string of the molecule is CCCCNC(=O)C1(c2c[nH]c3ccccc23)CC1. The van der Waals surface area contributed by atoms with Crippen molar-refractivity contribution in [1.82, 2.24) is 10.3 Å². The summed E-state index contributed by atoms with van der Waals surface area (Å²) in [6, 6.07) is 8.21. The molecule has 1 aliphatic carbocycles. The van der Waals surface area contributed by atoms with Crippen LogP contribution in [0.25, 0.3) is 10.9 Å². The van der Waals surface area contributed by atoms with E-state index in [4.69, 9.17) is 0 Å². The van der Waals surface area contributed by atoms with Crippen LogP contribution in [0.5, 0.6) is 0 Å². The van der Waals surface area contributed by atoms with Gasteiger partial charge in [0.15, 0.2) is 0 Å². The summed E-state index contributed by atoms with van der Waals surface area (Å²) in [6.45, 7) is 2.93. The van der Waals surface area contributed by atoms with Gasteiger partial charge in [-0.25, -0.2) is 0 Å². The second kappa shape index (κ2) is 4.72. The maximum atomic E-state index is 12.4. The van der Waals surface area contributed by atoms with Gasteiger partial charge in [-0.05, 0) is 30.9 Å². The summed E-state index contributed by atoms with van der Waals surface area (Å²) >= 11 is 0. The van der Waals surface area contributed by atoms with Gasteiger partial charge < -0.3 is 10.3 Å². The molecule has 2 N–H and O–H groups in total. The molecule has 0 spiro atoms. The third-order valence-corrected chi connectivity index (χ3v) is 4.11. The van der Waals surface area contributed by atoms with Gasteiger partial charge in [-0.15, -0.1) is 0 Å². The van der Waals surface area contributed by atoms with Crippen molar-refractivity contribution >= 4 is 16.8 Å². The lowest BCUT2D eigenvalue weighted by molar-refractivity contribution is -0.123. The third-order valence-electron chi connectivity index (χ3n) is 4.11. The summed E-state index contributed by atoms with van der Waals surface area (Å²) in [5.41, 5.74) is 2.01. The molecule has 1 aromatic carbocycles. The van der Waals surface area contributed by atoms with E-state index in [0.29, 0.717) is 0 Å². The molecular weight excluding hydrogens is 236 g/mol. The van der Waals surface area contributed by atoms with E-state index >= 15 is 0 Å². The molecule has 1 fully saturated rings. The zero-order chi connectivity index (χ0) is 13.3. The molecule has 0 atom stereocenters. The molecule has 2 aromatic rings. The summed E-state index contributed by atoms with van der Waals surface area (Å²) < 4.78 is 0. The average Bonchev–Trinajstić information content (AvgIpc) is 3.13. The van der Waals surface area contributed by atoms with E-state index in [9.17, 15) is 4.79 Å². The first-order valence-corrected chi connectivity index (χ1v) is 7.13. The fourth-order valence-electron chi connectivity index (χ4n) is 2.76. The van der Waals surface area contributed by atoms with Crippen LogP contribution in [0, 0.1) is 0 Å². The van der Waals surface area contributed by atoms with Crippen molar-refractivity contribution in [3.05, 3.63) is 36.0 Å². The second-order valence-corrected chi connectivity index (χ2v) is 5.44. The summed E-state index contributed by atoms with van der Waals surface area (Å²) in [7, 11) is 0. The number of aromatic amines is 1. The number of amides is 1. The molecule has 3 rings (SSSR count). The molecule has 1 heterocycles. The number of rotatable bonds is 5. The molecule has 1 amide bonds. The molecular formula is C16H20N2O. The molecule has 1 saturated carbocycles. The highest BCUT2D eigenvalue weighted by molar-refractivity contribution is 5.97. The Labute approximate surface area is 113 Å². The fourth-order valence-corrected chi connectivity index (χ4v) is 2.76. The largest absolute Gasteiger partial charge is 0.361 e. The van der Waals surface area contributed by atoms with Crippen LogP contribution >= 0.6 is 0 Å². The van der Waals surface area contributed by atoms with Crippen molar-refractivity contribution < 1.29 is 4.79 Å². The molecule has 1 aromatic heterocycles. The Morgan fingerprint density at radius 2 is 2.16 bits per heavy atom. The molecule has 1 aliphatic rings. The Balaban J connectivity index is 1.86. The molecule has 100 valence electrons. The Kier molecular flexibility index (Phi) is 3.05.